The van der Waals surface area contributed by atoms with E-state index in [1.165, 1.54) is 0 Å². The molecule has 1 aromatic heterocycles. The van der Waals surface area contributed by atoms with Crippen molar-refractivity contribution >= 4 is 22.8 Å². The number of hydrogen-bond donors (Lipinski definition) is 1. The molecule has 0 unspecified atom stereocenters. The first-order valence-corrected chi connectivity index (χ1v) is 10.3. The van der Waals surface area contributed by atoms with Crippen molar-refractivity contribution in [3.63, 3.8) is 0 Å². The molecule has 1 amide bonds. The Kier molecular flexibility index (Phi) is 6.00. The number of para-hydroxylation sites is 1. The number of carbonyl (C=O) groups excluding carboxylic acids is 1. The zero-order valence-corrected chi connectivity index (χ0v) is 16.8. The number of anilines is 1. The average molecular weight is 390 g/mol. The van der Waals surface area contributed by atoms with Gasteiger partial charge in [-0.05, 0) is 19.4 Å². The summed E-state index contributed by atoms with van der Waals surface area (Å²) < 4.78 is 0. The van der Waals surface area contributed by atoms with Crippen LogP contribution in [0.4, 0.5) is 5.95 Å². The maximum absolute atomic E-state index is 11.9. The van der Waals surface area contributed by atoms with Crippen molar-refractivity contribution in [2.45, 2.75) is 13.3 Å². The van der Waals surface area contributed by atoms with Crippen LogP contribution in [-0.4, -0.2) is 60.0 Å². The van der Waals surface area contributed by atoms with Crippen LogP contribution in [0, 0.1) is 0 Å². The van der Waals surface area contributed by atoms with E-state index in [1.807, 2.05) is 43.3 Å². The molecule has 0 aliphatic carbocycles. The van der Waals surface area contributed by atoms with E-state index in [0.717, 1.165) is 60.7 Å². The Morgan fingerprint density at radius 3 is 2.59 bits per heavy atom. The van der Waals surface area contributed by atoms with Crippen LogP contribution >= 0.6 is 0 Å². The van der Waals surface area contributed by atoms with Gasteiger partial charge in [0.2, 0.25) is 11.9 Å². The summed E-state index contributed by atoms with van der Waals surface area (Å²) in [5, 5.41) is 3.95. The van der Waals surface area contributed by atoms with E-state index in [4.69, 9.17) is 9.97 Å². The summed E-state index contributed by atoms with van der Waals surface area (Å²) in [5.41, 5.74) is 3.02. The fourth-order valence-corrected chi connectivity index (χ4v) is 3.81. The maximum Gasteiger partial charge on any atom is 0.234 e. The number of benzene rings is 2. The Hall–Kier alpha value is -2.99. The molecule has 1 aliphatic heterocycles. The smallest absolute Gasteiger partial charge is 0.234 e. The van der Waals surface area contributed by atoms with Crippen molar-refractivity contribution in [2.75, 3.05) is 44.2 Å². The van der Waals surface area contributed by atoms with Crippen LogP contribution < -0.4 is 10.2 Å². The molecule has 1 saturated heterocycles. The van der Waals surface area contributed by atoms with Crippen molar-refractivity contribution in [2.24, 2.45) is 0 Å². The monoisotopic (exact) mass is 389 g/mol. The molecule has 0 bridgehead atoms. The molecule has 0 atom stereocenters. The van der Waals surface area contributed by atoms with Gasteiger partial charge in [-0.2, -0.15) is 0 Å². The molecule has 0 saturated carbocycles. The molecule has 150 valence electrons. The van der Waals surface area contributed by atoms with Crippen LogP contribution in [0.15, 0.2) is 54.6 Å². The van der Waals surface area contributed by atoms with Gasteiger partial charge in [0.25, 0.3) is 0 Å². The zero-order chi connectivity index (χ0) is 20.1. The van der Waals surface area contributed by atoms with Gasteiger partial charge in [-0.25, -0.2) is 9.97 Å². The lowest BCUT2D eigenvalue weighted by Gasteiger charge is -2.22. The van der Waals surface area contributed by atoms with E-state index in [-0.39, 0.29) is 5.91 Å². The summed E-state index contributed by atoms with van der Waals surface area (Å²) >= 11 is 0. The van der Waals surface area contributed by atoms with Gasteiger partial charge in [-0.15, -0.1) is 0 Å². The van der Waals surface area contributed by atoms with E-state index in [9.17, 15) is 4.79 Å². The standard InChI is InChI=1S/C23H27N5O/c1-2-24-21(29)17-27-13-8-14-28(16-15-27)23-25-20-12-7-6-11-19(20)22(26-23)18-9-4-3-5-10-18/h3-7,9-12H,2,8,13-17H2,1H3,(H,24,29). The Labute approximate surface area is 171 Å². The van der Waals surface area contributed by atoms with Gasteiger partial charge < -0.3 is 10.2 Å². The first-order chi connectivity index (χ1) is 14.2. The lowest BCUT2D eigenvalue weighted by atomic mass is 10.1. The minimum atomic E-state index is 0.0919. The molecule has 29 heavy (non-hydrogen) atoms. The van der Waals surface area contributed by atoms with Crippen LogP contribution in [0.5, 0.6) is 0 Å². The third kappa shape index (κ3) is 4.54. The summed E-state index contributed by atoms with van der Waals surface area (Å²) in [7, 11) is 0. The fourth-order valence-electron chi connectivity index (χ4n) is 3.81. The number of likely N-dealkylation sites (N-methyl/N-ethyl adjacent to an activating group) is 1. The molecule has 1 aliphatic rings. The number of amides is 1. The van der Waals surface area contributed by atoms with E-state index >= 15 is 0 Å². The predicted molar refractivity (Wildman–Crippen MR) is 117 cm³/mol. The first-order valence-electron chi connectivity index (χ1n) is 10.3. The molecular weight excluding hydrogens is 362 g/mol. The van der Waals surface area contributed by atoms with E-state index in [2.05, 4.69) is 33.3 Å². The lowest BCUT2D eigenvalue weighted by Crippen LogP contribution is -2.39. The quantitative estimate of drug-likeness (QED) is 0.727. The van der Waals surface area contributed by atoms with Crippen molar-refractivity contribution < 1.29 is 4.79 Å². The summed E-state index contributed by atoms with van der Waals surface area (Å²) in [6.07, 6.45) is 0.982. The van der Waals surface area contributed by atoms with Crippen LogP contribution in [0.25, 0.3) is 22.2 Å². The molecule has 0 radical (unpaired) electrons. The zero-order valence-electron chi connectivity index (χ0n) is 16.8. The third-order valence-corrected chi connectivity index (χ3v) is 5.25. The van der Waals surface area contributed by atoms with Crippen LogP contribution in [0.2, 0.25) is 0 Å². The van der Waals surface area contributed by atoms with Gasteiger partial charge in [0.15, 0.2) is 0 Å². The normalized spacial score (nSPS) is 15.3. The van der Waals surface area contributed by atoms with Gasteiger partial charge in [-0.3, -0.25) is 9.69 Å². The minimum Gasteiger partial charge on any atom is -0.355 e. The van der Waals surface area contributed by atoms with Crippen molar-refractivity contribution in [3.05, 3.63) is 54.6 Å². The number of carbonyl (C=O) groups is 1. The highest BCUT2D eigenvalue weighted by atomic mass is 16.2. The van der Waals surface area contributed by atoms with Gasteiger partial charge in [-0.1, -0.05) is 48.5 Å². The molecule has 6 nitrogen and oxygen atoms in total. The number of rotatable bonds is 5. The molecule has 0 spiro atoms. The van der Waals surface area contributed by atoms with E-state index < -0.39 is 0 Å². The summed E-state index contributed by atoms with van der Waals surface area (Å²) in [5.74, 6) is 0.858. The number of fused-ring (bicyclic) bond motifs is 1. The van der Waals surface area contributed by atoms with Gasteiger partial charge in [0.05, 0.1) is 17.8 Å². The highest BCUT2D eigenvalue weighted by Crippen LogP contribution is 2.28. The second kappa shape index (κ2) is 9.01. The second-order valence-corrected chi connectivity index (χ2v) is 7.33. The highest BCUT2D eigenvalue weighted by Gasteiger charge is 2.20. The Morgan fingerprint density at radius 1 is 0.966 bits per heavy atom. The topological polar surface area (TPSA) is 61.4 Å². The SMILES string of the molecule is CCNC(=O)CN1CCCN(c2nc(-c3ccccc3)c3ccccc3n2)CC1. The molecule has 6 heteroatoms. The van der Waals surface area contributed by atoms with E-state index in [1.54, 1.807) is 0 Å². The van der Waals surface area contributed by atoms with Gasteiger partial charge in [0.1, 0.15) is 0 Å². The summed E-state index contributed by atoms with van der Waals surface area (Å²) in [4.78, 5) is 26.2. The molecule has 4 rings (SSSR count). The fraction of sp³-hybridized carbons (Fsp3) is 0.348. The molecule has 3 aromatic rings. The number of nitrogens with zero attached hydrogens (tertiary/aromatic N) is 4. The minimum absolute atomic E-state index is 0.0919. The number of hydrogen-bond acceptors (Lipinski definition) is 5. The van der Waals surface area contributed by atoms with Crippen LogP contribution in [-0.2, 0) is 4.79 Å². The Bertz CT molecular complexity index is 975. The highest BCUT2D eigenvalue weighted by molar-refractivity contribution is 5.93. The van der Waals surface area contributed by atoms with Crippen LogP contribution in [0.1, 0.15) is 13.3 Å². The van der Waals surface area contributed by atoms with Crippen molar-refractivity contribution in [3.8, 4) is 11.3 Å². The predicted octanol–water partition coefficient (Wildman–Crippen LogP) is 2.95. The molecule has 1 N–H and O–H groups in total. The number of aromatic nitrogens is 2. The van der Waals surface area contributed by atoms with Crippen molar-refractivity contribution in [1.29, 1.82) is 0 Å². The summed E-state index contributed by atoms with van der Waals surface area (Å²) in [6, 6.07) is 18.5. The Morgan fingerprint density at radius 2 is 1.76 bits per heavy atom. The Balaban J connectivity index is 1.60. The van der Waals surface area contributed by atoms with E-state index in [0.29, 0.717) is 13.1 Å². The first kappa shape index (κ1) is 19.3. The average Bonchev–Trinajstić information content (AvgIpc) is 2.99. The molecule has 1 fully saturated rings. The molecule has 2 heterocycles. The van der Waals surface area contributed by atoms with Crippen LogP contribution in [0.3, 0.4) is 0 Å². The van der Waals surface area contributed by atoms with Gasteiger partial charge >= 0.3 is 0 Å². The third-order valence-electron chi connectivity index (χ3n) is 5.25. The number of nitrogens with one attached hydrogen (secondary N) is 1. The largest absolute Gasteiger partial charge is 0.355 e. The summed E-state index contributed by atoms with van der Waals surface area (Å²) in [6.45, 7) is 6.51. The second-order valence-electron chi connectivity index (χ2n) is 7.33. The molecule has 2 aromatic carbocycles. The maximum atomic E-state index is 11.9. The van der Waals surface area contributed by atoms with Gasteiger partial charge in [0, 0.05) is 43.7 Å². The lowest BCUT2D eigenvalue weighted by molar-refractivity contribution is -0.122. The van der Waals surface area contributed by atoms with Crippen molar-refractivity contribution in [1.82, 2.24) is 20.2 Å². The molecular formula is C23H27N5O.